The Morgan fingerprint density at radius 1 is 1.25 bits per heavy atom. The molecule has 0 saturated carbocycles. The number of nitrogens with one attached hydrogen (secondary N) is 1. The van der Waals surface area contributed by atoms with Crippen molar-refractivity contribution in [2.75, 3.05) is 19.7 Å². The largest absolute Gasteiger partial charge is 0.376 e. The van der Waals surface area contributed by atoms with Crippen LogP contribution in [0.2, 0.25) is 0 Å². The molecule has 1 aromatic heterocycles. The second kappa shape index (κ2) is 6.68. The third-order valence-corrected chi connectivity index (χ3v) is 3.83. The van der Waals surface area contributed by atoms with E-state index in [9.17, 15) is 0 Å². The quantitative estimate of drug-likeness (QED) is 0.908. The Labute approximate surface area is 119 Å². The Balaban J connectivity index is 1.55. The molecule has 2 unspecified atom stereocenters. The summed E-state index contributed by atoms with van der Waals surface area (Å²) in [7, 11) is 0. The van der Waals surface area contributed by atoms with Gasteiger partial charge < -0.3 is 14.6 Å². The molecule has 20 heavy (non-hydrogen) atoms. The summed E-state index contributed by atoms with van der Waals surface area (Å²) in [6.45, 7) is 2.63. The third kappa shape index (κ3) is 3.26. The Morgan fingerprint density at radius 2 is 2.15 bits per heavy atom. The molecule has 0 bridgehead atoms. The highest BCUT2D eigenvalue weighted by molar-refractivity contribution is 5.14. The second-order valence-corrected chi connectivity index (χ2v) is 5.17. The van der Waals surface area contributed by atoms with Gasteiger partial charge in [0, 0.05) is 18.5 Å². The summed E-state index contributed by atoms with van der Waals surface area (Å²) >= 11 is 0. The first kappa shape index (κ1) is 13.3. The van der Waals surface area contributed by atoms with E-state index in [2.05, 4.69) is 34.7 Å². The Morgan fingerprint density at radius 3 is 2.95 bits per heavy atom. The summed E-state index contributed by atoms with van der Waals surface area (Å²) in [4.78, 5) is 0. The molecular formula is C16H20N2O2. The van der Waals surface area contributed by atoms with Gasteiger partial charge in [-0.05, 0) is 24.9 Å². The van der Waals surface area contributed by atoms with Crippen LogP contribution in [0, 0.1) is 0 Å². The monoisotopic (exact) mass is 272 g/mol. The number of piperidine rings is 1. The minimum absolute atomic E-state index is 0.178. The minimum atomic E-state index is 0.178. The average Bonchev–Trinajstić information content (AvgIpc) is 3.03. The van der Waals surface area contributed by atoms with Gasteiger partial charge in [0.25, 0.3) is 0 Å². The van der Waals surface area contributed by atoms with Crippen LogP contribution >= 0.6 is 0 Å². The zero-order valence-corrected chi connectivity index (χ0v) is 11.5. The second-order valence-electron chi connectivity index (χ2n) is 5.17. The fraction of sp³-hybridized carbons (Fsp3) is 0.438. The molecule has 0 spiro atoms. The molecular weight excluding hydrogens is 252 g/mol. The number of ether oxygens (including phenoxy) is 1. The van der Waals surface area contributed by atoms with Crippen molar-refractivity contribution in [2.45, 2.75) is 24.9 Å². The van der Waals surface area contributed by atoms with Crippen molar-refractivity contribution in [2.24, 2.45) is 0 Å². The van der Waals surface area contributed by atoms with E-state index in [0.29, 0.717) is 5.92 Å². The minimum Gasteiger partial charge on any atom is -0.376 e. The van der Waals surface area contributed by atoms with Crippen LogP contribution in [0.5, 0.6) is 0 Å². The van der Waals surface area contributed by atoms with Crippen molar-refractivity contribution in [3.05, 3.63) is 53.9 Å². The van der Waals surface area contributed by atoms with E-state index in [1.807, 2.05) is 12.1 Å². The van der Waals surface area contributed by atoms with E-state index in [0.717, 1.165) is 38.2 Å². The number of benzene rings is 1. The molecule has 4 nitrogen and oxygen atoms in total. The molecule has 1 aromatic carbocycles. The first-order chi connectivity index (χ1) is 9.93. The van der Waals surface area contributed by atoms with Crippen molar-refractivity contribution in [1.82, 2.24) is 10.5 Å². The molecule has 3 rings (SSSR count). The number of aromatic nitrogens is 1. The van der Waals surface area contributed by atoms with Gasteiger partial charge in [0.05, 0.1) is 18.4 Å². The summed E-state index contributed by atoms with van der Waals surface area (Å²) in [5.74, 6) is 0.339. The summed E-state index contributed by atoms with van der Waals surface area (Å²) in [6.07, 6.45) is 3.81. The maximum Gasteiger partial charge on any atom is 0.124 e. The van der Waals surface area contributed by atoms with Crippen LogP contribution in [0.15, 0.2) is 47.2 Å². The van der Waals surface area contributed by atoms with Crippen molar-refractivity contribution in [3.63, 3.8) is 0 Å². The van der Waals surface area contributed by atoms with Crippen LogP contribution in [-0.2, 0) is 11.2 Å². The topological polar surface area (TPSA) is 47.3 Å². The maximum absolute atomic E-state index is 6.08. The molecule has 1 fully saturated rings. The van der Waals surface area contributed by atoms with Crippen LogP contribution in [0.3, 0.4) is 0 Å². The standard InChI is InChI=1S/C16H20N2O2/c1-2-4-13(5-3-1)7-10-19-16-12-17-9-6-14(16)15-8-11-20-18-15/h1-5,8,11,14,16-17H,6-7,9-10,12H2. The molecule has 0 radical (unpaired) electrons. The summed E-state index contributed by atoms with van der Waals surface area (Å²) in [5.41, 5.74) is 2.32. The summed E-state index contributed by atoms with van der Waals surface area (Å²) in [5, 5.41) is 7.47. The van der Waals surface area contributed by atoms with E-state index in [1.165, 1.54) is 5.56 Å². The molecule has 1 aliphatic heterocycles. The molecule has 2 heterocycles. The number of nitrogens with zero attached hydrogens (tertiary/aromatic N) is 1. The van der Waals surface area contributed by atoms with Gasteiger partial charge in [-0.2, -0.15) is 0 Å². The number of hydrogen-bond donors (Lipinski definition) is 1. The zero-order chi connectivity index (χ0) is 13.6. The predicted octanol–water partition coefficient (Wildman–Crippen LogP) is 2.38. The molecule has 1 N–H and O–H groups in total. The molecule has 1 aliphatic rings. The zero-order valence-electron chi connectivity index (χ0n) is 11.5. The van der Waals surface area contributed by atoms with Crippen LogP contribution in [-0.4, -0.2) is 31.0 Å². The smallest absolute Gasteiger partial charge is 0.124 e. The van der Waals surface area contributed by atoms with E-state index in [-0.39, 0.29) is 6.10 Å². The fourth-order valence-electron chi connectivity index (χ4n) is 2.73. The Hall–Kier alpha value is -1.65. The highest BCUT2D eigenvalue weighted by atomic mass is 16.5. The van der Waals surface area contributed by atoms with Gasteiger partial charge in [0.15, 0.2) is 0 Å². The molecule has 0 amide bonds. The Kier molecular flexibility index (Phi) is 4.46. The third-order valence-electron chi connectivity index (χ3n) is 3.83. The van der Waals surface area contributed by atoms with Crippen molar-refractivity contribution in [3.8, 4) is 0 Å². The van der Waals surface area contributed by atoms with E-state index < -0.39 is 0 Å². The lowest BCUT2D eigenvalue weighted by atomic mass is 9.92. The van der Waals surface area contributed by atoms with Gasteiger partial charge in [0.1, 0.15) is 6.26 Å². The van der Waals surface area contributed by atoms with Gasteiger partial charge >= 0.3 is 0 Å². The average molecular weight is 272 g/mol. The van der Waals surface area contributed by atoms with Gasteiger partial charge in [0.2, 0.25) is 0 Å². The molecule has 4 heteroatoms. The lowest BCUT2D eigenvalue weighted by molar-refractivity contribution is 0.0220. The predicted molar refractivity (Wildman–Crippen MR) is 76.6 cm³/mol. The SMILES string of the molecule is c1ccc(CCOC2CNCCC2c2ccon2)cc1. The van der Waals surface area contributed by atoms with Crippen LogP contribution in [0.25, 0.3) is 0 Å². The van der Waals surface area contributed by atoms with Crippen molar-refractivity contribution < 1.29 is 9.26 Å². The Bertz CT molecular complexity index is 498. The molecule has 1 saturated heterocycles. The van der Waals surface area contributed by atoms with Crippen molar-refractivity contribution in [1.29, 1.82) is 0 Å². The van der Waals surface area contributed by atoms with Crippen LogP contribution < -0.4 is 5.32 Å². The van der Waals surface area contributed by atoms with E-state index in [1.54, 1.807) is 6.26 Å². The summed E-state index contributed by atoms with van der Waals surface area (Å²) < 4.78 is 11.0. The number of rotatable bonds is 5. The van der Waals surface area contributed by atoms with Gasteiger partial charge in [-0.25, -0.2) is 0 Å². The van der Waals surface area contributed by atoms with Crippen LogP contribution in [0.1, 0.15) is 23.6 Å². The maximum atomic E-state index is 6.08. The molecule has 0 aliphatic carbocycles. The molecule has 2 atom stereocenters. The van der Waals surface area contributed by atoms with Crippen LogP contribution in [0.4, 0.5) is 0 Å². The van der Waals surface area contributed by atoms with Crippen molar-refractivity contribution >= 4 is 0 Å². The highest BCUT2D eigenvalue weighted by Gasteiger charge is 2.28. The highest BCUT2D eigenvalue weighted by Crippen LogP contribution is 2.26. The number of hydrogen-bond acceptors (Lipinski definition) is 4. The van der Waals surface area contributed by atoms with Gasteiger partial charge in [-0.1, -0.05) is 35.5 Å². The fourth-order valence-corrected chi connectivity index (χ4v) is 2.73. The molecule has 2 aromatic rings. The summed E-state index contributed by atoms with van der Waals surface area (Å²) in [6, 6.07) is 12.4. The lowest BCUT2D eigenvalue weighted by Gasteiger charge is -2.30. The van der Waals surface area contributed by atoms with Gasteiger partial charge in [-0.3, -0.25) is 0 Å². The van der Waals surface area contributed by atoms with Gasteiger partial charge in [-0.15, -0.1) is 0 Å². The first-order valence-corrected chi connectivity index (χ1v) is 7.20. The van der Waals surface area contributed by atoms with E-state index >= 15 is 0 Å². The normalized spacial score (nSPS) is 22.8. The van der Waals surface area contributed by atoms with E-state index in [4.69, 9.17) is 9.26 Å². The first-order valence-electron chi connectivity index (χ1n) is 7.20. The molecule has 106 valence electrons. The lowest BCUT2D eigenvalue weighted by Crippen LogP contribution is -2.41.